The fourth-order valence-electron chi connectivity index (χ4n) is 1.46. The van der Waals surface area contributed by atoms with Crippen molar-refractivity contribution in [1.82, 2.24) is 15.4 Å². The first-order chi connectivity index (χ1) is 7.40. The second-order valence-electron chi connectivity index (χ2n) is 3.55. The minimum absolute atomic E-state index is 0.779. The molecule has 0 amide bonds. The van der Waals surface area contributed by atoms with E-state index in [1.54, 1.807) is 0 Å². The van der Waals surface area contributed by atoms with Crippen LogP contribution in [0.5, 0.6) is 5.75 Å². The molecular formula is C11H15N3O. The number of benzene rings is 1. The summed E-state index contributed by atoms with van der Waals surface area (Å²) in [5.41, 5.74) is 1.79. The molecular weight excluding hydrogens is 190 g/mol. The van der Waals surface area contributed by atoms with Crippen LogP contribution >= 0.6 is 0 Å². The Balaban J connectivity index is 1.96. The Morgan fingerprint density at radius 1 is 1.33 bits per heavy atom. The van der Waals surface area contributed by atoms with E-state index in [0.717, 1.165) is 29.8 Å². The molecule has 0 saturated heterocycles. The lowest BCUT2D eigenvalue weighted by atomic mass is 10.2. The number of ether oxygens (including phenoxy) is 1. The molecule has 2 rings (SSSR count). The van der Waals surface area contributed by atoms with Crippen LogP contribution in [0.25, 0.3) is 11.0 Å². The van der Waals surface area contributed by atoms with Gasteiger partial charge in [0.15, 0.2) is 0 Å². The molecule has 0 atom stereocenters. The number of nitrogens with one attached hydrogen (secondary N) is 1. The first kappa shape index (κ1) is 9.96. The molecule has 1 N–H and O–H groups in total. The molecule has 80 valence electrons. The number of aromatic nitrogens is 3. The number of aromatic amines is 1. The van der Waals surface area contributed by atoms with Crippen LogP contribution in [0.3, 0.4) is 0 Å². The van der Waals surface area contributed by atoms with E-state index in [-0.39, 0.29) is 0 Å². The Kier molecular flexibility index (Phi) is 3.17. The zero-order chi connectivity index (χ0) is 10.5. The quantitative estimate of drug-likeness (QED) is 0.763. The van der Waals surface area contributed by atoms with Crippen molar-refractivity contribution in [1.29, 1.82) is 0 Å². The van der Waals surface area contributed by atoms with E-state index in [4.69, 9.17) is 4.74 Å². The molecule has 0 fully saturated rings. The van der Waals surface area contributed by atoms with Crippen molar-refractivity contribution in [2.75, 3.05) is 6.61 Å². The number of H-pyrrole nitrogens is 1. The molecule has 1 aromatic carbocycles. The summed E-state index contributed by atoms with van der Waals surface area (Å²) in [6, 6.07) is 5.77. The molecule has 1 heterocycles. The molecule has 2 aromatic rings. The van der Waals surface area contributed by atoms with Crippen molar-refractivity contribution in [3.05, 3.63) is 18.2 Å². The SMILES string of the molecule is CCCCCOc1ccc2nn[nH]c2c1. The fraction of sp³-hybridized carbons (Fsp3) is 0.455. The van der Waals surface area contributed by atoms with Gasteiger partial charge in [0.1, 0.15) is 11.3 Å². The van der Waals surface area contributed by atoms with Crippen LogP contribution < -0.4 is 4.74 Å². The van der Waals surface area contributed by atoms with E-state index in [2.05, 4.69) is 22.3 Å². The third-order valence-corrected chi connectivity index (χ3v) is 2.31. The molecule has 0 radical (unpaired) electrons. The topological polar surface area (TPSA) is 50.8 Å². The van der Waals surface area contributed by atoms with Gasteiger partial charge >= 0.3 is 0 Å². The van der Waals surface area contributed by atoms with Crippen molar-refractivity contribution in [2.45, 2.75) is 26.2 Å². The van der Waals surface area contributed by atoms with E-state index in [1.807, 2.05) is 18.2 Å². The van der Waals surface area contributed by atoms with Gasteiger partial charge in [-0.3, -0.25) is 5.10 Å². The zero-order valence-corrected chi connectivity index (χ0v) is 8.86. The number of fused-ring (bicyclic) bond motifs is 1. The number of rotatable bonds is 5. The summed E-state index contributed by atoms with van der Waals surface area (Å²) in [5.74, 6) is 0.879. The molecule has 0 aliphatic heterocycles. The predicted octanol–water partition coefficient (Wildman–Crippen LogP) is 2.53. The van der Waals surface area contributed by atoms with E-state index >= 15 is 0 Å². The van der Waals surface area contributed by atoms with Crippen LogP contribution in [0, 0.1) is 0 Å². The van der Waals surface area contributed by atoms with Gasteiger partial charge in [0.25, 0.3) is 0 Å². The Morgan fingerprint density at radius 3 is 3.13 bits per heavy atom. The van der Waals surface area contributed by atoms with E-state index < -0.39 is 0 Å². The number of unbranched alkanes of at least 4 members (excludes halogenated alkanes) is 2. The van der Waals surface area contributed by atoms with Gasteiger partial charge < -0.3 is 4.74 Å². The van der Waals surface area contributed by atoms with Crippen LogP contribution in [-0.2, 0) is 0 Å². The molecule has 0 unspecified atom stereocenters. The zero-order valence-electron chi connectivity index (χ0n) is 8.86. The third-order valence-electron chi connectivity index (χ3n) is 2.31. The molecule has 15 heavy (non-hydrogen) atoms. The normalized spacial score (nSPS) is 10.7. The Morgan fingerprint density at radius 2 is 2.27 bits per heavy atom. The highest BCUT2D eigenvalue weighted by atomic mass is 16.5. The predicted molar refractivity (Wildman–Crippen MR) is 58.9 cm³/mol. The lowest BCUT2D eigenvalue weighted by Crippen LogP contribution is -1.96. The average molecular weight is 205 g/mol. The van der Waals surface area contributed by atoms with Crippen molar-refractivity contribution >= 4 is 11.0 Å². The van der Waals surface area contributed by atoms with Crippen LogP contribution in [0.1, 0.15) is 26.2 Å². The minimum atomic E-state index is 0.779. The Hall–Kier alpha value is -1.58. The van der Waals surface area contributed by atoms with Gasteiger partial charge in [0, 0.05) is 6.07 Å². The molecule has 0 aliphatic rings. The van der Waals surface area contributed by atoms with Gasteiger partial charge in [-0.25, -0.2) is 0 Å². The first-order valence-corrected chi connectivity index (χ1v) is 5.34. The van der Waals surface area contributed by atoms with Crippen LogP contribution in [0.2, 0.25) is 0 Å². The summed E-state index contributed by atoms with van der Waals surface area (Å²) < 4.78 is 5.61. The van der Waals surface area contributed by atoms with Gasteiger partial charge in [-0.15, -0.1) is 5.10 Å². The molecule has 1 aromatic heterocycles. The van der Waals surface area contributed by atoms with Gasteiger partial charge in [0.05, 0.1) is 12.1 Å². The van der Waals surface area contributed by atoms with Crippen molar-refractivity contribution in [3.63, 3.8) is 0 Å². The highest BCUT2D eigenvalue weighted by Gasteiger charge is 1.99. The van der Waals surface area contributed by atoms with E-state index in [9.17, 15) is 0 Å². The number of hydrogen-bond acceptors (Lipinski definition) is 3. The summed E-state index contributed by atoms with van der Waals surface area (Å²) in [5, 5.41) is 10.5. The van der Waals surface area contributed by atoms with Gasteiger partial charge in [-0.05, 0) is 18.6 Å². The summed E-state index contributed by atoms with van der Waals surface area (Å²) in [4.78, 5) is 0. The monoisotopic (exact) mass is 205 g/mol. The third kappa shape index (κ3) is 2.46. The van der Waals surface area contributed by atoms with E-state index in [1.165, 1.54) is 12.8 Å². The largest absolute Gasteiger partial charge is 0.494 e. The molecule has 0 aliphatic carbocycles. The Bertz CT molecular complexity index is 424. The standard InChI is InChI=1S/C11H15N3O/c1-2-3-4-7-15-9-5-6-10-11(8-9)13-14-12-10/h5-6,8H,2-4,7H2,1H3,(H,12,13,14). The molecule has 0 bridgehead atoms. The lowest BCUT2D eigenvalue weighted by Gasteiger charge is -2.04. The Labute approximate surface area is 88.6 Å². The second kappa shape index (κ2) is 4.77. The maximum Gasteiger partial charge on any atom is 0.121 e. The van der Waals surface area contributed by atoms with Crippen molar-refractivity contribution < 1.29 is 4.74 Å². The average Bonchev–Trinajstić information content (AvgIpc) is 2.71. The molecule has 0 spiro atoms. The highest BCUT2D eigenvalue weighted by Crippen LogP contribution is 2.17. The fourth-order valence-corrected chi connectivity index (χ4v) is 1.46. The lowest BCUT2D eigenvalue weighted by molar-refractivity contribution is 0.306. The first-order valence-electron chi connectivity index (χ1n) is 5.34. The number of hydrogen-bond donors (Lipinski definition) is 1. The molecule has 0 saturated carbocycles. The van der Waals surface area contributed by atoms with Crippen LogP contribution in [0.4, 0.5) is 0 Å². The minimum Gasteiger partial charge on any atom is -0.494 e. The van der Waals surface area contributed by atoms with Crippen LogP contribution in [0.15, 0.2) is 18.2 Å². The van der Waals surface area contributed by atoms with Gasteiger partial charge in [-0.1, -0.05) is 25.0 Å². The second-order valence-corrected chi connectivity index (χ2v) is 3.55. The van der Waals surface area contributed by atoms with Crippen LogP contribution in [-0.4, -0.2) is 22.0 Å². The maximum atomic E-state index is 5.61. The summed E-state index contributed by atoms with van der Waals surface area (Å²) in [6.45, 7) is 2.96. The smallest absolute Gasteiger partial charge is 0.121 e. The van der Waals surface area contributed by atoms with Gasteiger partial charge in [-0.2, -0.15) is 0 Å². The highest BCUT2D eigenvalue weighted by molar-refractivity contribution is 5.75. The molecule has 4 nitrogen and oxygen atoms in total. The molecule has 4 heteroatoms. The summed E-state index contributed by atoms with van der Waals surface area (Å²) in [7, 11) is 0. The van der Waals surface area contributed by atoms with E-state index in [0.29, 0.717) is 0 Å². The number of nitrogens with zero attached hydrogens (tertiary/aromatic N) is 2. The van der Waals surface area contributed by atoms with Crippen molar-refractivity contribution in [2.24, 2.45) is 0 Å². The summed E-state index contributed by atoms with van der Waals surface area (Å²) in [6.07, 6.45) is 3.54. The summed E-state index contributed by atoms with van der Waals surface area (Å²) >= 11 is 0. The van der Waals surface area contributed by atoms with Crippen molar-refractivity contribution in [3.8, 4) is 5.75 Å². The van der Waals surface area contributed by atoms with Gasteiger partial charge in [0.2, 0.25) is 0 Å². The maximum absolute atomic E-state index is 5.61.